The van der Waals surface area contributed by atoms with Crippen LogP contribution in [-0.2, 0) is 14.8 Å². The minimum absolute atomic E-state index is 0.0618. The van der Waals surface area contributed by atoms with Crippen LogP contribution in [-0.4, -0.2) is 69.8 Å². The van der Waals surface area contributed by atoms with E-state index in [0.717, 1.165) is 6.20 Å². The van der Waals surface area contributed by atoms with Gasteiger partial charge in [-0.1, -0.05) is 0 Å². The Hall–Kier alpha value is -1.55. The van der Waals surface area contributed by atoms with E-state index in [1.807, 2.05) is 11.9 Å². The van der Waals surface area contributed by atoms with Gasteiger partial charge in [0, 0.05) is 32.9 Å². The topological polar surface area (TPSA) is 109 Å². The molecule has 0 saturated carbocycles. The quantitative estimate of drug-likeness (QED) is 0.640. The van der Waals surface area contributed by atoms with E-state index in [2.05, 4.69) is 9.71 Å². The van der Waals surface area contributed by atoms with Crippen LogP contribution in [0.15, 0.2) is 23.4 Å². The third kappa shape index (κ3) is 5.76. The molecule has 0 aliphatic heterocycles. The number of carboxylic acids is 1. The zero-order chi connectivity index (χ0) is 15.9. The largest absolute Gasteiger partial charge is 0.478 e. The number of aromatic nitrogens is 1. The maximum atomic E-state index is 11.9. The fraction of sp³-hybridized carbons (Fsp3) is 0.500. The Morgan fingerprint density at radius 3 is 2.67 bits per heavy atom. The molecule has 21 heavy (non-hydrogen) atoms. The molecule has 1 aromatic rings. The van der Waals surface area contributed by atoms with Gasteiger partial charge in [0.2, 0.25) is 0 Å². The van der Waals surface area contributed by atoms with Crippen LogP contribution in [0, 0.1) is 0 Å². The first-order chi connectivity index (χ1) is 9.86. The van der Waals surface area contributed by atoms with Crippen molar-refractivity contribution in [1.82, 2.24) is 14.6 Å². The van der Waals surface area contributed by atoms with Crippen LogP contribution < -0.4 is 4.72 Å². The van der Waals surface area contributed by atoms with Gasteiger partial charge in [-0.25, -0.2) is 22.9 Å². The molecule has 1 aromatic heterocycles. The molecule has 118 valence electrons. The van der Waals surface area contributed by atoms with Crippen molar-refractivity contribution in [3.05, 3.63) is 23.9 Å². The minimum Gasteiger partial charge on any atom is -0.478 e. The second kappa shape index (κ2) is 8.03. The Kier molecular flexibility index (Phi) is 6.69. The van der Waals surface area contributed by atoms with E-state index in [1.165, 1.54) is 12.1 Å². The molecule has 2 N–H and O–H groups in total. The summed E-state index contributed by atoms with van der Waals surface area (Å²) in [5.41, 5.74) is -0.0618. The number of pyridine rings is 1. The van der Waals surface area contributed by atoms with Gasteiger partial charge in [0.1, 0.15) is 0 Å². The Bertz CT molecular complexity index is 559. The summed E-state index contributed by atoms with van der Waals surface area (Å²) in [5.74, 6) is -1.15. The molecule has 0 aliphatic carbocycles. The van der Waals surface area contributed by atoms with Crippen molar-refractivity contribution >= 4 is 16.0 Å². The standard InChI is InChI=1S/C12H19N3O5S/c1-15(7-8-20-2)6-5-14-21(18,19)11-4-3-10(9-13-11)12(16)17/h3-4,9,14H,5-8H2,1-2H3,(H,16,17). The Morgan fingerprint density at radius 2 is 2.14 bits per heavy atom. The fourth-order valence-electron chi connectivity index (χ4n) is 1.47. The van der Waals surface area contributed by atoms with Crippen LogP contribution in [0.4, 0.5) is 0 Å². The first-order valence-electron chi connectivity index (χ1n) is 6.23. The number of sulfonamides is 1. The monoisotopic (exact) mass is 317 g/mol. The maximum Gasteiger partial charge on any atom is 0.337 e. The van der Waals surface area contributed by atoms with E-state index < -0.39 is 16.0 Å². The lowest BCUT2D eigenvalue weighted by Gasteiger charge is -2.16. The van der Waals surface area contributed by atoms with Gasteiger partial charge in [0.05, 0.1) is 12.2 Å². The molecule has 0 amide bonds. The van der Waals surface area contributed by atoms with Crippen LogP contribution in [0.2, 0.25) is 0 Å². The van der Waals surface area contributed by atoms with Crippen molar-refractivity contribution < 1.29 is 23.1 Å². The van der Waals surface area contributed by atoms with Crippen molar-refractivity contribution in [3.63, 3.8) is 0 Å². The Labute approximate surface area is 123 Å². The molecular weight excluding hydrogens is 298 g/mol. The van der Waals surface area contributed by atoms with Gasteiger partial charge in [0.25, 0.3) is 10.0 Å². The van der Waals surface area contributed by atoms with Gasteiger partial charge in [-0.3, -0.25) is 0 Å². The van der Waals surface area contributed by atoms with E-state index >= 15 is 0 Å². The van der Waals surface area contributed by atoms with Crippen molar-refractivity contribution in [2.75, 3.05) is 40.4 Å². The second-order valence-electron chi connectivity index (χ2n) is 4.38. The molecule has 0 radical (unpaired) electrons. The van der Waals surface area contributed by atoms with E-state index in [9.17, 15) is 13.2 Å². The summed E-state index contributed by atoms with van der Waals surface area (Å²) < 4.78 is 31.2. The average Bonchev–Trinajstić information content (AvgIpc) is 2.45. The van der Waals surface area contributed by atoms with Crippen molar-refractivity contribution in [1.29, 1.82) is 0 Å². The average molecular weight is 317 g/mol. The van der Waals surface area contributed by atoms with Gasteiger partial charge in [0.15, 0.2) is 5.03 Å². The number of aromatic carboxylic acids is 1. The molecule has 1 rings (SSSR count). The number of hydrogen-bond donors (Lipinski definition) is 2. The minimum atomic E-state index is -3.73. The number of hydrogen-bond acceptors (Lipinski definition) is 6. The van der Waals surface area contributed by atoms with Crippen LogP contribution in [0.5, 0.6) is 0 Å². The number of carboxylic acid groups (broad SMARTS) is 1. The number of rotatable bonds is 9. The van der Waals surface area contributed by atoms with Crippen molar-refractivity contribution in [2.24, 2.45) is 0 Å². The Morgan fingerprint density at radius 1 is 1.43 bits per heavy atom. The van der Waals surface area contributed by atoms with Gasteiger partial charge >= 0.3 is 5.97 Å². The third-order valence-electron chi connectivity index (χ3n) is 2.72. The number of methoxy groups -OCH3 is 1. The highest BCUT2D eigenvalue weighted by Crippen LogP contribution is 2.06. The summed E-state index contributed by atoms with van der Waals surface area (Å²) >= 11 is 0. The predicted octanol–water partition coefficient (Wildman–Crippen LogP) is -0.364. The molecule has 0 atom stereocenters. The lowest BCUT2D eigenvalue weighted by atomic mass is 10.3. The number of ether oxygens (including phenoxy) is 1. The number of nitrogens with one attached hydrogen (secondary N) is 1. The second-order valence-corrected chi connectivity index (χ2v) is 6.10. The highest BCUT2D eigenvalue weighted by atomic mass is 32.2. The number of likely N-dealkylation sites (N-methyl/N-ethyl adjacent to an activating group) is 1. The van der Waals surface area contributed by atoms with E-state index in [4.69, 9.17) is 9.84 Å². The van der Waals surface area contributed by atoms with Crippen LogP contribution in [0.25, 0.3) is 0 Å². The zero-order valence-electron chi connectivity index (χ0n) is 11.9. The Balaban J connectivity index is 2.55. The molecule has 0 bridgehead atoms. The third-order valence-corrected chi connectivity index (χ3v) is 4.10. The predicted molar refractivity (Wildman–Crippen MR) is 75.8 cm³/mol. The van der Waals surface area contributed by atoms with Gasteiger partial charge < -0.3 is 14.7 Å². The lowest BCUT2D eigenvalue weighted by molar-refractivity contribution is 0.0696. The normalized spacial score (nSPS) is 11.8. The van der Waals surface area contributed by atoms with Gasteiger partial charge in [-0.15, -0.1) is 0 Å². The first-order valence-corrected chi connectivity index (χ1v) is 7.71. The summed E-state index contributed by atoms with van der Waals surface area (Å²) in [6.45, 7) is 2.02. The van der Waals surface area contributed by atoms with Crippen molar-refractivity contribution in [2.45, 2.75) is 5.03 Å². The molecule has 0 aliphatic rings. The molecular formula is C12H19N3O5S. The smallest absolute Gasteiger partial charge is 0.337 e. The first kappa shape index (κ1) is 17.5. The molecule has 0 aromatic carbocycles. The summed E-state index contributed by atoms with van der Waals surface area (Å²) in [6.07, 6.45) is 1.02. The molecule has 8 nitrogen and oxygen atoms in total. The SMILES string of the molecule is COCCN(C)CCNS(=O)(=O)c1ccc(C(=O)O)cn1. The lowest BCUT2D eigenvalue weighted by Crippen LogP contribution is -2.34. The highest BCUT2D eigenvalue weighted by Gasteiger charge is 2.16. The molecule has 1 heterocycles. The summed E-state index contributed by atoms with van der Waals surface area (Å²) in [5, 5.41) is 8.53. The number of nitrogens with zero attached hydrogens (tertiary/aromatic N) is 2. The van der Waals surface area contributed by atoms with E-state index in [-0.39, 0.29) is 17.1 Å². The number of carbonyl (C=O) groups is 1. The zero-order valence-corrected chi connectivity index (χ0v) is 12.8. The highest BCUT2D eigenvalue weighted by molar-refractivity contribution is 7.89. The molecule has 0 spiro atoms. The summed E-state index contributed by atoms with van der Waals surface area (Å²) in [6, 6.07) is 2.37. The van der Waals surface area contributed by atoms with Crippen molar-refractivity contribution in [3.8, 4) is 0 Å². The molecule has 9 heteroatoms. The maximum absolute atomic E-state index is 11.9. The van der Waals surface area contributed by atoms with Crippen LogP contribution >= 0.6 is 0 Å². The van der Waals surface area contributed by atoms with E-state index in [1.54, 1.807) is 7.11 Å². The van der Waals surface area contributed by atoms with E-state index in [0.29, 0.717) is 19.7 Å². The fourth-order valence-corrected chi connectivity index (χ4v) is 2.42. The van der Waals surface area contributed by atoms with Crippen LogP contribution in [0.1, 0.15) is 10.4 Å². The van der Waals surface area contributed by atoms with Crippen LogP contribution in [0.3, 0.4) is 0 Å². The summed E-state index contributed by atoms with van der Waals surface area (Å²) in [4.78, 5) is 16.3. The van der Waals surface area contributed by atoms with Gasteiger partial charge in [-0.05, 0) is 19.2 Å². The molecule has 0 fully saturated rings. The molecule has 0 saturated heterocycles. The van der Waals surface area contributed by atoms with Gasteiger partial charge in [-0.2, -0.15) is 0 Å². The summed E-state index contributed by atoms with van der Waals surface area (Å²) in [7, 11) is -0.276. The molecule has 0 unspecified atom stereocenters.